The lowest BCUT2D eigenvalue weighted by molar-refractivity contribution is -0.123. The second-order valence-electron chi connectivity index (χ2n) is 4.31. The molecule has 0 saturated carbocycles. The number of aliphatic hydroxyl groups excluding tert-OH is 2. The summed E-state index contributed by atoms with van der Waals surface area (Å²) in [4.78, 5) is 11.6. The molecule has 0 heterocycles. The van der Waals surface area contributed by atoms with Crippen molar-refractivity contribution in [2.45, 2.75) is 18.9 Å². The van der Waals surface area contributed by atoms with Crippen molar-refractivity contribution in [2.24, 2.45) is 0 Å². The Kier molecular flexibility index (Phi) is 4.75. The Hall–Kier alpha value is -1.53. The first-order valence-corrected chi connectivity index (χ1v) is 5.37. The van der Waals surface area contributed by atoms with Gasteiger partial charge in [0.05, 0.1) is 25.2 Å². The molecule has 4 nitrogen and oxygen atoms in total. The fourth-order valence-electron chi connectivity index (χ4n) is 1.37. The molecule has 1 rings (SSSR count). The van der Waals surface area contributed by atoms with Gasteiger partial charge in [-0.1, -0.05) is 12.1 Å². The fraction of sp³-hybridized carbons (Fsp3) is 0.417. The van der Waals surface area contributed by atoms with Gasteiger partial charge < -0.3 is 15.5 Å². The van der Waals surface area contributed by atoms with Gasteiger partial charge in [-0.3, -0.25) is 4.79 Å². The number of nitrogens with one attached hydrogen (secondary N) is 1. The van der Waals surface area contributed by atoms with E-state index in [0.29, 0.717) is 0 Å². The first-order valence-electron chi connectivity index (χ1n) is 5.37. The van der Waals surface area contributed by atoms with Crippen LogP contribution in [0.4, 0.5) is 8.78 Å². The molecular weight excluding hydrogens is 244 g/mol. The molecule has 0 aliphatic heterocycles. The highest BCUT2D eigenvalue weighted by Gasteiger charge is 2.25. The largest absolute Gasteiger partial charge is 0.394 e. The molecule has 1 aromatic rings. The van der Waals surface area contributed by atoms with E-state index < -0.39 is 36.3 Å². The summed E-state index contributed by atoms with van der Waals surface area (Å²) < 4.78 is 26.2. The summed E-state index contributed by atoms with van der Waals surface area (Å²) >= 11 is 0. The van der Waals surface area contributed by atoms with E-state index in [1.54, 1.807) is 0 Å². The third-order valence-corrected chi connectivity index (χ3v) is 2.52. The smallest absolute Gasteiger partial charge is 0.225 e. The summed E-state index contributed by atoms with van der Waals surface area (Å²) in [6.07, 6.45) is -0.362. The van der Waals surface area contributed by atoms with Gasteiger partial charge in [0.1, 0.15) is 0 Å². The molecule has 0 radical (unpaired) electrons. The molecule has 1 amide bonds. The van der Waals surface area contributed by atoms with Gasteiger partial charge in [0.25, 0.3) is 0 Å². The molecule has 0 fully saturated rings. The minimum atomic E-state index is -1.18. The zero-order valence-electron chi connectivity index (χ0n) is 9.91. The van der Waals surface area contributed by atoms with Gasteiger partial charge in [-0.05, 0) is 13.0 Å². The normalized spacial score (nSPS) is 11.4. The van der Waals surface area contributed by atoms with Crippen molar-refractivity contribution in [3.63, 3.8) is 0 Å². The van der Waals surface area contributed by atoms with E-state index in [4.69, 9.17) is 10.2 Å². The van der Waals surface area contributed by atoms with Crippen LogP contribution in [0.3, 0.4) is 0 Å². The molecule has 18 heavy (non-hydrogen) atoms. The number of amides is 1. The predicted octanol–water partition coefficient (Wildman–Crippen LogP) is 0.367. The molecule has 0 bridgehead atoms. The highest BCUT2D eigenvalue weighted by molar-refractivity contribution is 5.79. The molecule has 3 N–H and O–H groups in total. The van der Waals surface area contributed by atoms with Crippen LogP contribution in [0.15, 0.2) is 18.2 Å². The highest BCUT2D eigenvalue weighted by Crippen LogP contribution is 2.12. The van der Waals surface area contributed by atoms with Gasteiger partial charge in [-0.25, -0.2) is 8.78 Å². The van der Waals surface area contributed by atoms with Crippen LogP contribution in [0.1, 0.15) is 12.5 Å². The Morgan fingerprint density at radius 3 is 2.50 bits per heavy atom. The number of hydrogen-bond acceptors (Lipinski definition) is 3. The Labute approximate surface area is 103 Å². The predicted molar refractivity (Wildman–Crippen MR) is 60.8 cm³/mol. The van der Waals surface area contributed by atoms with Crippen molar-refractivity contribution in [3.05, 3.63) is 35.4 Å². The Bertz CT molecular complexity index is 433. The lowest BCUT2D eigenvalue weighted by Gasteiger charge is -2.26. The second kappa shape index (κ2) is 5.88. The summed E-state index contributed by atoms with van der Waals surface area (Å²) in [6.45, 7) is 0.522. The van der Waals surface area contributed by atoms with Gasteiger partial charge in [0.2, 0.25) is 5.91 Å². The van der Waals surface area contributed by atoms with Gasteiger partial charge in [-0.15, -0.1) is 0 Å². The van der Waals surface area contributed by atoms with Crippen LogP contribution in [0.25, 0.3) is 0 Å². The van der Waals surface area contributed by atoms with E-state index in [1.165, 1.54) is 19.1 Å². The van der Waals surface area contributed by atoms with Crippen LogP contribution in [0, 0.1) is 11.6 Å². The molecule has 1 aromatic carbocycles. The van der Waals surface area contributed by atoms with Crippen LogP contribution in [-0.4, -0.2) is 34.9 Å². The minimum Gasteiger partial charge on any atom is -0.394 e. The van der Waals surface area contributed by atoms with E-state index >= 15 is 0 Å². The lowest BCUT2D eigenvalue weighted by atomic mass is 10.0. The maximum atomic E-state index is 13.3. The fourth-order valence-corrected chi connectivity index (χ4v) is 1.37. The Morgan fingerprint density at radius 2 is 1.94 bits per heavy atom. The highest BCUT2D eigenvalue weighted by atomic mass is 19.2. The van der Waals surface area contributed by atoms with Crippen LogP contribution in [-0.2, 0) is 11.2 Å². The van der Waals surface area contributed by atoms with E-state index in [2.05, 4.69) is 5.32 Å². The third kappa shape index (κ3) is 3.48. The van der Waals surface area contributed by atoms with Gasteiger partial charge in [-0.2, -0.15) is 0 Å². The van der Waals surface area contributed by atoms with Crippen molar-refractivity contribution in [2.75, 3.05) is 13.2 Å². The maximum Gasteiger partial charge on any atom is 0.225 e. The number of rotatable bonds is 5. The minimum absolute atomic E-state index is 0.0780. The molecule has 6 heteroatoms. The van der Waals surface area contributed by atoms with Gasteiger partial charge in [0, 0.05) is 5.56 Å². The SMILES string of the molecule is CC(CO)(CO)NC(=O)Cc1cccc(F)c1F. The quantitative estimate of drug-likeness (QED) is 0.715. The monoisotopic (exact) mass is 259 g/mol. The van der Waals surface area contributed by atoms with Crippen molar-refractivity contribution in [1.29, 1.82) is 0 Å². The number of halogens is 2. The molecule has 0 aliphatic carbocycles. The van der Waals surface area contributed by atoms with Crippen LogP contribution in [0.5, 0.6) is 0 Å². The number of hydrogen-bond donors (Lipinski definition) is 3. The average Bonchev–Trinajstić information content (AvgIpc) is 2.34. The van der Waals surface area contributed by atoms with Crippen molar-refractivity contribution in [1.82, 2.24) is 5.32 Å². The number of aliphatic hydroxyl groups is 2. The molecule has 0 spiro atoms. The standard InChI is InChI=1S/C12H15F2NO3/c1-12(6-16,7-17)15-10(18)5-8-3-2-4-9(13)11(8)14/h2-4,16-17H,5-7H2,1H3,(H,15,18). The summed E-state index contributed by atoms with van der Waals surface area (Å²) in [7, 11) is 0. The van der Waals surface area contributed by atoms with E-state index in [-0.39, 0.29) is 12.0 Å². The van der Waals surface area contributed by atoms with E-state index in [1.807, 2.05) is 0 Å². The molecule has 0 atom stereocenters. The first-order chi connectivity index (χ1) is 8.41. The van der Waals surface area contributed by atoms with E-state index in [0.717, 1.165) is 6.07 Å². The Balaban J connectivity index is 2.74. The molecule has 0 saturated heterocycles. The van der Waals surface area contributed by atoms with Crippen molar-refractivity contribution < 1.29 is 23.8 Å². The van der Waals surface area contributed by atoms with Gasteiger partial charge in [0.15, 0.2) is 11.6 Å². The summed E-state index contributed by atoms with van der Waals surface area (Å²) in [6, 6.07) is 3.56. The van der Waals surface area contributed by atoms with Crippen LogP contribution in [0.2, 0.25) is 0 Å². The topological polar surface area (TPSA) is 69.6 Å². The zero-order valence-corrected chi connectivity index (χ0v) is 9.91. The summed E-state index contributed by atoms with van der Waals surface area (Å²) in [5.41, 5.74) is -1.26. The van der Waals surface area contributed by atoms with Crippen molar-refractivity contribution >= 4 is 5.91 Å². The molecule has 0 unspecified atom stereocenters. The number of carbonyl (C=O) groups is 1. The zero-order chi connectivity index (χ0) is 13.8. The molecule has 0 aliphatic rings. The second-order valence-corrected chi connectivity index (χ2v) is 4.31. The number of carbonyl (C=O) groups excluding carboxylic acids is 1. The Morgan fingerprint density at radius 1 is 1.33 bits per heavy atom. The number of benzene rings is 1. The third-order valence-electron chi connectivity index (χ3n) is 2.52. The summed E-state index contributed by atoms with van der Waals surface area (Å²) in [5, 5.41) is 20.3. The first kappa shape index (κ1) is 14.5. The van der Waals surface area contributed by atoms with Gasteiger partial charge >= 0.3 is 0 Å². The maximum absolute atomic E-state index is 13.3. The van der Waals surface area contributed by atoms with Crippen molar-refractivity contribution in [3.8, 4) is 0 Å². The van der Waals surface area contributed by atoms with Crippen LogP contribution >= 0.6 is 0 Å². The molecular formula is C12H15F2NO3. The average molecular weight is 259 g/mol. The molecule has 0 aromatic heterocycles. The molecule has 100 valence electrons. The van der Waals surface area contributed by atoms with E-state index in [9.17, 15) is 13.6 Å². The summed E-state index contributed by atoms with van der Waals surface area (Å²) in [5.74, 6) is -2.69. The van der Waals surface area contributed by atoms with Crippen LogP contribution < -0.4 is 5.32 Å². The lowest BCUT2D eigenvalue weighted by Crippen LogP contribution is -2.52.